The predicted octanol–water partition coefficient (Wildman–Crippen LogP) is 4.63. The van der Waals surface area contributed by atoms with Crippen molar-refractivity contribution in [2.24, 2.45) is 5.92 Å². The molecule has 0 bridgehead atoms. The van der Waals surface area contributed by atoms with Gasteiger partial charge in [-0.2, -0.15) is 0 Å². The van der Waals surface area contributed by atoms with E-state index in [0.717, 1.165) is 57.5 Å². The SMILES string of the molecule is CC1CCN(C(=O)c2ccc(NC(=O)CNc3cccc(C(=O)N4CCCCCC4)c3)cc2)CC1. The maximum Gasteiger partial charge on any atom is 0.253 e. The molecule has 2 heterocycles. The van der Waals surface area contributed by atoms with Crippen molar-refractivity contribution in [2.45, 2.75) is 45.4 Å². The number of anilines is 2. The third-order valence-corrected chi connectivity index (χ3v) is 6.94. The van der Waals surface area contributed by atoms with E-state index in [2.05, 4.69) is 17.6 Å². The van der Waals surface area contributed by atoms with Gasteiger partial charge in [-0.25, -0.2) is 0 Å². The fourth-order valence-corrected chi connectivity index (χ4v) is 4.70. The Bertz CT molecular complexity index is 1020. The van der Waals surface area contributed by atoms with Crippen LogP contribution in [0.15, 0.2) is 48.5 Å². The molecule has 0 aliphatic carbocycles. The van der Waals surface area contributed by atoms with Crippen molar-refractivity contribution >= 4 is 29.1 Å². The molecule has 7 heteroatoms. The second-order valence-electron chi connectivity index (χ2n) is 9.74. The first kappa shape index (κ1) is 24.8. The van der Waals surface area contributed by atoms with E-state index in [0.29, 0.717) is 22.7 Å². The number of rotatable bonds is 6. The summed E-state index contributed by atoms with van der Waals surface area (Å²) in [6.07, 6.45) is 6.55. The van der Waals surface area contributed by atoms with Crippen LogP contribution in [0.2, 0.25) is 0 Å². The molecule has 2 aromatic rings. The van der Waals surface area contributed by atoms with Crippen molar-refractivity contribution in [3.05, 3.63) is 59.7 Å². The first-order chi connectivity index (χ1) is 17.0. The summed E-state index contributed by atoms with van der Waals surface area (Å²) < 4.78 is 0. The zero-order valence-electron chi connectivity index (χ0n) is 20.6. The van der Waals surface area contributed by atoms with Crippen LogP contribution in [0, 0.1) is 5.92 Å². The molecule has 2 saturated heterocycles. The standard InChI is InChI=1S/C28H36N4O3/c1-21-13-17-32(18-14-21)27(34)22-9-11-24(12-10-22)30-26(33)20-29-25-8-6-7-23(19-25)28(35)31-15-4-2-3-5-16-31/h6-12,19,21,29H,2-5,13-18,20H2,1H3,(H,30,33). The largest absolute Gasteiger partial charge is 0.376 e. The summed E-state index contributed by atoms with van der Waals surface area (Å²) in [5.41, 5.74) is 2.66. The molecule has 0 radical (unpaired) electrons. The highest BCUT2D eigenvalue weighted by molar-refractivity contribution is 5.97. The fourth-order valence-electron chi connectivity index (χ4n) is 4.70. The Morgan fingerprint density at radius 3 is 2.09 bits per heavy atom. The van der Waals surface area contributed by atoms with Crippen LogP contribution in [0.5, 0.6) is 0 Å². The van der Waals surface area contributed by atoms with Gasteiger partial charge in [0.2, 0.25) is 5.91 Å². The summed E-state index contributed by atoms with van der Waals surface area (Å²) in [7, 11) is 0. The van der Waals surface area contributed by atoms with E-state index < -0.39 is 0 Å². The average molecular weight is 477 g/mol. The molecular formula is C28H36N4O3. The number of hydrogen-bond donors (Lipinski definition) is 2. The predicted molar refractivity (Wildman–Crippen MR) is 139 cm³/mol. The Morgan fingerprint density at radius 2 is 1.40 bits per heavy atom. The maximum absolute atomic E-state index is 12.9. The maximum atomic E-state index is 12.9. The molecule has 0 saturated carbocycles. The number of benzene rings is 2. The summed E-state index contributed by atoms with van der Waals surface area (Å²) in [6.45, 7) is 5.51. The van der Waals surface area contributed by atoms with E-state index in [1.165, 1.54) is 12.8 Å². The second kappa shape index (κ2) is 11.9. The van der Waals surface area contributed by atoms with Gasteiger partial charge < -0.3 is 20.4 Å². The number of hydrogen-bond acceptors (Lipinski definition) is 4. The normalized spacial score (nSPS) is 16.9. The van der Waals surface area contributed by atoms with Crippen LogP contribution in [0.1, 0.15) is 66.2 Å². The number of piperidine rings is 1. The van der Waals surface area contributed by atoms with Crippen LogP contribution in [-0.4, -0.2) is 60.2 Å². The number of likely N-dealkylation sites (tertiary alicyclic amines) is 2. The number of carbonyl (C=O) groups is 3. The quantitative estimate of drug-likeness (QED) is 0.637. The highest BCUT2D eigenvalue weighted by Gasteiger charge is 2.21. The lowest BCUT2D eigenvalue weighted by Crippen LogP contribution is -2.37. The molecule has 0 atom stereocenters. The molecule has 4 rings (SSSR count). The highest BCUT2D eigenvalue weighted by atomic mass is 16.2. The molecule has 0 aromatic heterocycles. The van der Waals surface area contributed by atoms with Gasteiger partial charge in [-0.1, -0.05) is 25.8 Å². The van der Waals surface area contributed by atoms with Crippen LogP contribution < -0.4 is 10.6 Å². The van der Waals surface area contributed by atoms with Crippen molar-refractivity contribution in [1.29, 1.82) is 0 Å². The van der Waals surface area contributed by atoms with Gasteiger partial charge in [0.1, 0.15) is 0 Å². The van der Waals surface area contributed by atoms with E-state index in [-0.39, 0.29) is 24.3 Å². The van der Waals surface area contributed by atoms with E-state index >= 15 is 0 Å². The molecule has 2 aromatic carbocycles. The summed E-state index contributed by atoms with van der Waals surface area (Å²) in [4.78, 5) is 41.9. The van der Waals surface area contributed by atoms with Crippen molar-refractivity contribution in [3.63, 3.8) is 0 Å². The average Bonchev–Trinajstić information content (AvgIpc) is 3.17. The van der Waals surface area contributed by atoms with Gasteiger partial charge in [-0.3, -0.25) is 14.4 Å². The Balaban J connectivity index is 1.27. The van der Waals surface area contributed by atoms with Gasteiger partial charge in [-0.15, -0.1) is 0 Å². The smallest absolute Gasteiger partial charge is 0.253 e. The van der Waals surface area contributed by atoms with Gasteiger partial charge in [0.15, 0.2) is 0 Å². The molecule has 0 unspecified atom stereocenters. The lowest BCUT2D eigenvalue weighted by molar-refractivity contribution is -0.114. The van der Waals surface area contributed by atoms with Crippen LogP contribution in [0.25, 0.3) is 0 Å². The molecule has 186 valence electrons. The Labute approximate surface area is 207 Å². The lowest BCUT2D eigenvalue weighted by atomic mass is 9.98. The number of carbonyl (C=O) groups excluding carboxylic acids is 3. The topological polar surface area (TPSA) is 81.8 Å². The van der Waals surface area contributed by atoms with Crippen molar-refractivity contribution in [1.82, 2.24) is 9.80 Å². The second-order valence-corrected chi connectivity index (χ2v) is 9.74. The molecule has 2 aliphatic rings. The van der Waals surface area contributed by atoms with Gasteiger partial charge in [-0.05, 0) is 74.1 Å². The first-order valence-electron chi connectivity index (χ1n) is 12.8. The minimum absolute atomic E-state index is 0.0473. The third-order valence-electron chi connectivity index (χ3n) is 6.94. The van der Waals surface area contributed by atoms with Gasteiger partial charge in [0, 0.05) is 48.7 Å². The van der Waals surface area contributed by atoms with Crippen molar-refractivity contribution in [2.75, 3.05) is 43.4 Å². The zero-order valence-corrected chi connectivity index (χ0v) is 20.6. The lowest BCUT2D eigenvalue weighted by Gasteiger charge is -2.30. The first-order valence-corrected chi connectivity index (χ1v) is 12.8. The van der Waals surface area contributed by atoms with Crippen LogP contribution in [-0.2, 0) is 4.79 Å². The van der Waals surface area contributed by atoms with Gasteiger partial charge in [0.05, 0.1) is 6.54 Å². The number of amides is 3. The van der Waals surface area contributed by atoms with E-state index in [1.807, 2.05) is 34.1 Å². The molecule has 2 fully saturated rings. The molecule has 7 nitrogen and oxygen atoms in total. The van der Waals surface area contributed by atoms with Gasteiger partial charge >= 0.3 is 0 Å². The third kappa shape index (κ3) is 6.84. The minimum Gasteiger partial charge on any atom is -0.376 e. The number of nitrogens with one attached hydrogen (secondary N) is 2. The summed E-state index contributed by atoms with van der Waals surface area (Å²) in [6, 6.07) is 14.4. The molecule has 0 spiro atoms. The zero-order chi connectivity index (χ0) is 24.6. The van der Waals surface area contributed by atoms with E-state index in [9.17, 15) is 14.4 Å². The monoisotopic (exact) mass is 476 g/mol. The van der Waals surface area contributed by atoms with Crippen molar-refractivity contribution in [3.8, 4) is 0 Å². The van der Waals surface area contributed by atoms with Crippen LogP contribution in [0.4, 0.5) is 11.4 Å². The van der Waals surface area contributed by atoms with Crippen LogP contribution >= 0.6 is 0 Å². The van der Waals surface area contributed by atoms with Crippen molar-refractivity contribution < 1.29 is 14.4 Å². The molecule has 2 aliphatic heterocycles. The Hall–Kier alpha value is -3.35. The minimum atomic E-state index is -0.196. The van der Waals surface area contributed by atoms with E-state index in [1.54, 1.807) is 24.3 Å². The molecular weight excluding hydrogens is 440 g/mol. The van der Waals surface area contributed by atoms with E-state index in [4.69, 9.17) is 0 Å². The summed E-state index contributed by atoms with van der Waals surface area (Å²) in [5, 5.41) is 5.97. The number of nitrogens with zero attached hydrogens (tertiary/aromatic N) is 2. The molecule has 35 heavy (non-hydrogen) atoms. The molecule has 2 N–H and O–H groups in total. The van der Waals surface area contributed by atoms with Crippen LogP contribution in [0.3, 0.4) is 0 Å². The molecule has 3 amide bonds. The van der Waals surface area contributed by atoms with Gasteiger partial charge in [0.25, 0.3) is 11.8 Å². The fraction of sp³-hybridized carbons (Fsp3) is 0.464. The summed E-state index contributed by atoms with van der Waals surface area (Å²) >= 11 is 0. The Kier molecular flexibility index (Phi) is 8.40. The highest BCUT2D eigenvalue weighted by Crippen LogP contribution is 2.20. The Morgan fingerprint density at radius 1 is 0.771 bits per heavy atom. The summed E-state index contributed by atoms with van der Waals surface area (Å²) in [5.74, 6) is 0.575.